The summed E-state index contributed by atoms with van der Waals surface area (Å²) < 4.78 is 44.1. The fourth-order valence-corrected chi connectivity index (χ4v) is 2.86. The molecule has 0 heterocycles. The summed E-state index contributed by atoms with van der Waals surface area (Å²) in [5.41, 5.74) is 0.128. The molecule has 0 N–H and O–H groups in total. The summed E-state index contributed by atoms with van der Waals surface area (Å²) in [7, 11) is 0. The zero-order valence-electron chi connectivity index (χ0n) is 16.1. The Kier molecular flexibility index (Phi) is 7.45. The number of halogens is 3. The molecule has 1 atom stereocenters. The summed E-state index contributed by atoms with van der Waals surface area (Å²) in [6.07, 6.45) is -4.09. The van der Waals surface area contributed by atoms with Gasteiger partial charge in [0.2, 0.25) is 0 Å². The lowest BCUT2D eigenvalue weighted by molar-refractivity contribution is -0.137. The quantitative estimate of drug-likeness (QED) is 0.581. The van der Waals surface area contributed by atoms with Gasteiger partial charge in [0, 0.05) is 12.6 Å². The average Bonchev–Trinajstić information content (AvgIpc) is 2.66. The van der Waals surface area contributed by atoms with Crippen molar-refractivity contribution in [2.75, 3.05) is 13.2 Å². The number of para-hydroxylation sites is 1. The Balaban J connectivity index is 2.10. The molecule has 0 spiro atoms. The van der Waals surface area contributed by atoms with Gasteiger partial charge in [0.05, 0.1) is 12.2 Å². The van der Waals surface area contributed by atoms with Crippen molar-refractivity contribution in [2.24, 2.45) is 0 Å². The first kappa shape index (κ1) is 21.8. The van der Waals surface area contributed by atoms with Crippen LogP contribution in [-0.2, 0) is 17.4 Å². The molecule has 0 aliphatic rings. The monoisotopic (exact) mass is 395 g/mol. The Hall–Kier alpha value is -2.54. The highest BCUT2D eigenvalue weighted by atomic mass is 19.4. The maximum Gasteiger partial charge on any atom is 0.416 e. The second-order valence-electron chi connectivity index (χ2n) is 6.29. The number of nitrogens with zero attached hydrogens (tertiary/aromatic N) is 1. The van der Waals surface area contributed by atoms with E-state index in [4.69, 9.17) is 9.57 Å². The smallest absolute Gasteiger partial charge is 0.416 e. The minimum absolute atomic E-state index is 0.300. The number of hydrogen-bond donors (Lipinski definition) is 0. The standard InChI is InChI=1S/C21H24F3NO3/c1-4-25(28-20(26)18-11-6-7-12-19(18)27-5-2)15(3)13-16-9-8-10-17(14-16)21(22,23)24/h6-12,14-15H,4-5,13H2,1-3H3. The summed E-state index contributed by atoms with van der Waals surface area (Å²) in [4.78, 5) is 18.1. The van der Waals surface area contributed by atoms with Crippen molar-refractivity contribution in [2.45, 2.75) is 39.4 Å². The summed E-state index contributed by atoms with van der Waals surface area (Å²) >= 11 is 0. The van der Waals surface area contributed by atoms with Gasteiger partial charge in [-0.1, -0.05) is 30.3 Å². The number of rotatable bonds is 8. The van der Waals surface area contributed by atoms with Crippen LogP contribution in [0.3, 0.4) is 0 Å². The number of carbonyl (C=O) groups is 1. The van der Waals surface area contributed by atoms with Crippen LogP contribution in [0.15, 0.2) is 48.5 Å². The van der Waals surface area contributed by atoms with E-state index in [0.29, 0.717) is 36.4 Å². The minimum Gasteiger partial charge on any atom is -0.493 e. The molecule has 0 saturated heterocycles. The molecule has 0 aliphatic heterocycles. The van der Waals surface area contributed by atoms with Gasteiger partial charge in [-0.15, -0.1) is 5.06 Å². The van der Waals surface area contributed by atoms with E-state index in [1.165, 1.54) is 11.1 Å². The van der Waals surface area contributed by atoms with Crippen LogP contribution < -0.4 is 4.74 Å². The van der Waals surface area contributed by atoms with Gasteiger partial charge >= 0.3 is 12.1 Å². The number of ether oxygens (including phenoxy) is 1. The predicted molar refractivity (Wildman–Crippen MR) is 100 cm³/mol. The van der Waals surface area contributed by atoms with Crippen molar-refractivity contribution in [3.05, 3.63) is 65.2 Å². The number of carbonyl (C=O) groups excluding carboxylic acids is 1. The SMILES string of the molecule is CCOc1ccccc1C(=O)ON(CC)C(C)Cc1cccc(C(F)(F)F)c1. The maximum atomic E-state index is 12.9. The van der Waals surface area contributed by atoms with Crippen LogP contribution in [0.25, 0.3) is 0 Å². The molecular weight excluding hydrogens is 371 g/mol. The van der Waals surface area contributed by atoms with Gasteiger partial charge in [0.1, 0.15) is 11.3 Å². The third kappa shape index (κ3) is 5.73. The fourth-order valence-electron chi connectivity index (χ4n) is 2.86. The Morgan fingerprint density at radius 3 is 2.46 bits per heavy atom. The molecule has 1 unspecified atom stereocenters. The van der Waals surface area contributed by atoms with Gasteiger partial charge in [-0.05, 0) is 51.0 Å². The van der Waals surface area contributed by atoms with E-state index in [9.17, 15) is 18.0 Å². The zero-order chi connectivity index (χ0) is 20.7. The number of alkyl halides is 3. The largest absolute Gasteiger partial charge is 0.493 e. The van der Waals surface area contributed by atoms with Crippen molar-refractivity contribution < 1.29 is 27.5 Å². The van der Waals surface area contributed by atoms with Crippen LogP contribution in [0.1, 0.15) is 42.3 Å². The van der Waals surface area contributed by atoms with Gasteiger partial charge in [-0.25, -0.2) is 4.79 Å². The van der Waals surface area contributed by atoms with Crippen molar-refractivity contribution >= 4 is 5.97 Å². The van der Waals surface area contributed by atoms with Crippen molar-refractivity contribution in [3.8, 4) is 5.75 Å². The third-order valence-corrected chi connectivity index (χ3v) is 4.20. The topological polar surface area (TPSA) is 38.8 Å². The van der Waals surface area contributed by atoms with E-state index in [1.54, 1.807) is 37.3 Å². The van der Waals surface area contributed by atoms with Gasteiger partial charge in [-0.2, -0.15) is 13.2 Å². The lowest BCUT2D eigenvalue weighted by Crippen LogP contribution is -2.36. The van der Waals surface area contributed by atoms with Crippen LogP contribution in [0.5, 0.6) is 5.75 Å². The number of benzene rings is 2. The van der Waals surface area contributed by atoms with Gasteiger partial charge in [-0.3, -0.25) is 0 Å². The number of hydroxylamine groups is 2. The van der Waals surface area contributed by atoms with E-state index in [0.717, 1.165) is 12.1 Å². The summed E-state index contributed by atoms with van der Waals surface area (Å²) in [5.74, 6) is -0.140. The Morgan fingerprint density at radius 2 is 1.82 bits per heavy atom. The molecule has 0 saturated carbocycles. The van der Waals surface area contributed by atoms with Gasteiger partial charge in [0.15, 0.2) is 0 Å². The summed E-state index contributed by atoms with van der Waals surface area (Å²) in [6, 6.07) is 11.6. The molecule has 7 heteroatoms. The highest BCUT2D eigenvalue weighted by Crippen LogP contribution is 2.30. The highest BCUT2D eigenvalue weighted by molar-refractivity contribution is 5.92. The zero-order valence-corrected chi connectivity index (χ0v) is 16.1. The summed E-state index contributed by atoms with van der Waals surface area (Å²) in [5, 5.41) is 1.46. The van der Waals surface area contributed by atoms with Crippen LogP contribution in [0, 0.1) is 0 Å². The first-order valence-corrected chi connectivity index (χ1v) is 9.13. The first-order valence-electron chi connectivity index (χ1n) is 9.13. The van der Waals surface area contributed by atoms with Gasteiger partial charge < -0.3 is 9.57 Å². The first-order chi connectivity index (χ1) is 13.3. The molecule has 0 radical (unpaired) electrons. The van der Waals surface area contributed by atoms with E-state index < -0.39 is 17.7 Å². The predicted octanol–water partition coefficient (Wildman–Crippen LogP) is 5.13. The van der Waals surface area contributed by atoms with E-state index in [1.807, 2.05) is 13.8 Å². The summed E-state index contributed by atoms with van der Waals surface area (Å²) in [6.45, 7) is 6.23. The van der Waals surface area contributed by atoms with E-state index in [2.05, 4.69) is 0 Å². The molecule has 2 aromatic carbocycles. The van der Waals surface area contributed by atoms with Crippen molar-refractivity contribution in [1.82, 2.24) is 5.06 Å². The van der Waals surface area contributed by atoms with E-state index >= 15 is 0 Å². The Morgan fingerprint density at radius 1 is 1.11 bits per heavy atom. The lowest BCUT2D eigenvalue weighted by Gasteiger charge is -2.26. The van der Waals surface area contributed by atoms with Crippen molar-refractivity contribution in [1.29, 1.82) is 0 Å². The molecule has 0 amide bonds. The molecule has 2 aromatic rings. The maximum absolute atomic E-state index is 12.9. The van der Waals surface area contributed by atoms with Crippen LogP contribution in [0.4, 0.5) is 13.2 Å². The Bertz CT molecular complexity index is 792. The number of likely N-dealkylation sites (N-methyl/N-ethyl adjacent to an activating group) is 1. The third-order valence-electron chi connectivity index (χ3n) is 4.20. The molecular formula is C21H24F3NO3. The molecule has 0 bridgehead atoms. The lowest BCUT2D eigenvalue weighted by atomic mass is 10.0. The average molecular weight is 395 g/mol. The van der Waals surface area contributed by atoms with Crippen LogP contribution in [0.2, 0.25) is 0 Å². The molecule has 152 valence electrons. The molecule has 0 aromatic heterocycles. The van der Waals surface area contributed by atoms with E-state index in [-0.39, 0.29) is 6.04 Å². The minimum atomic E-state index is -4.39. The van der Waals surface area contributed by atoms with Crippen LogP contribution in [-0.4, -0.2) is 30.2 Å². The second-order valence-corrected chi connectivity index (χ2v) is 6.29. The molecule has 4 nitrogen and oxygen atoms in total. The highest BCUT2D eigenvalue weighted by Gasteiger charge is 2.30. The normalized spacial score (nSPS) is 12.7. The Labute approximate surface area is 162 Å². The number of hydrogen-bond acceptors (Lipinski definition) is 4. The van der Waals surface area contributed by atoms with Gasteiger partial charge in [0.25, 0.3) is 0 Å². The molecule has 0 aliphatic carbocycles. The molecule has 0 fully saturated rings. The van der Waals surface area contributed by atoms with Crippen molar-refractivity contribution in [3.63, 3.8) is 0 Å². The molecule has 2 rings (SSSR count). The fraction of sp³-hybridized carbons (Fsp3) is 0.381. The second kappa shape index (κ2) is 9.59. The van der Waals surface area contributed by atoms with Crippen LogP contribution >= 0.6 is 0 Å². The molecule has 28 heavy (non-hydrogen) atoms.